The summed E-state index contributed by atoms with van der Waals surface area (Å²) >= 11 is 0. The highest BCUT2D eigenvalue weighted by Crippen LogP contribution is 2.32. The molecule has 0 radical (unpaired) electrons. The number of para-hydroxylation sites is 1. The molecule has 3 rings (SSSR count). The van der Waals surface area contributed by atoms with Crippen LogP contribution >= 0.6 is 0 Å². The second kappa shape index (κ2) is 19.8. The molecule has 0 aromatic heterocycles. The fourth-order valence-corrected chi connectivity index (χ4v) is 4.62. The van der Waals surface area contributed by atoms with Crippen LogP contribution in [0.25, 0.3) is 6.08 Å². The van der Waals surface area contributed by atoms with Crippen LogP contribution in [-0.4, -0.2) is 96.1 Å². The topological polar surface area (TPSA) is 151 Å². The normalized spacial score (nSPS) is 16.5. The first kappa shape index (κ1) is 35.9. The van der Waals surface area contributed by atoms with E-state index < -0.39 is 11.8 Å². The van der Waals surface area contributed by atoms with Gasteiger partial charge in [-0.15, -0.1) is 0 Å². The predicted molar refractivity (Wildman–Crippen MR) is 171 cm³/mol. The minimum atomic E-state index is -1.02. The van der Waals surface area contributed by atoms with Crippen molar-refractivity contribution in [2.24, 2.45) is 11.7 Å². The summed E-state index contributed by atoms with van der Waals surface area (Å²) in [6.07, 6.45) is 11.1. The smallest absolute Gasteiger partial charge is 0.408 e. The van der Waals surface area contributed by atoms with Gasteiger partial charge in [-0.3, -0.25) is 15.3 Å². The Bertz CT molecular complexity index is 1180. The highest BCUT2D eigenvalue weighted by Gasteiger charge is 2.25. The quantitative estimate of drug-likeness (QED) is 0.155. The monoisotopic (exact) mass is 628 g/mol. The first-order valence-electron chi connectivity index (χ1n) is 15.5. The van der Waals surface area contributed by atoms with Crippen LogP contribution in [0.15, 0.2) is 54.1 Å². The molecular formula is C33H48N4O8. The first-order chi connectivity index (χ1) is 21.7. The zero-order chi connectivity index (χ0) is 32.3. The number of carbonyl (C=O) groups excluding carboxylic acids is 3. The van der Waals surface area contributed by atoms with Crippen molar-refractivity contribution in [1.29, 1.82) is 0 Å². The van der Waals surface area contributed by atoms with E-state index in [0.29, 0.717) is 72.5 Å². The molecule has 45 heavy (non-hydrogen) atoms. The van der Waals surface area contributed by atoms with E-state index in [-0.39, 0.29) is 30.6 Å². The number of fused-ring (bicyclic) bond motifs is 2. The van der Waals surface area contributed by atoms with Crippen LogP contribution in [-0.2, 0) is 33.3 Å². The Kier molecular flexibility index (Phi) is 15.8. The predicted octanol–water partition coefficient (Wildman–Crippen LogP) is 2.93. The molecule has 1 aromatic rings. The van der Waals surface area contributed by atoms with Crippen molar-refractivity contribution >= 4 is 29.7 Å². The van der Waals surface area contributed by atoms with Crippen LogP contribution < -0.4 is 21.3 Å². The average molecular weight is 629 g/mol. The number of anilines is 1. The van der Waals surface area contributed by atoms with Gasteiger partial charge in [-0.2, -0.15) is 0 Å². The van der Waals surface area contributed by atoms with Crippen molar-refractivity contribution in [2.75, 3.05) is 77.4 Å². The SMILES string of the molecule is CC(C)(N)OC(=O)NCCOCCOCCOCCOCCNC(=O)CCC(=O)N1CC2=CC=CCC2/C=C\c2ccccc21. The standard InChI is InChI=1S/C33H48N4O8/c1-33(2,34)45-32(40)36-16-18-42-20-22-44-24-23-43-21-19-41-17-15-35-30(38)13-14-31(39)37-25-28-9-4-3-7-26(28)11-12-27-8-5-6-10-29(27)37/h3-6,8-12,26H,7,13-25,34H2,1-2H3,(H,35,38)(H,36,40)/b12-11-. The number of nitrogens with zero attached hydrogens (tertiary/aromatic N) is 1. The molecule has 1 aromatic carbocycles. The van der Waals surface area contributed by atoms with Crippen LogP contribution in [0.1, 0.15) is 38.7 Å². The van der Waals surface area contributed by atoms with E-state index in [1.807, 2.05) is 30.3 Å². The second-order valence-electron chi connectivity index (χ2n) is 11.1. The van der Waals surface area contributed by atoms with Crippen LogP contribution in [0.3, 0.4) is 0 Å². The van der Waals surface area contributed by atoms with Crippen LogP contribution in [0, 0.1) is 5.92 Å². The van der Waals surface area contributed by atoms with Gasteiger partial charge in [0.05, 0.1) is 58.5 Å². The fraction of sp³-hybridized carbons (Fsp3) is 0.545. The molecular weight excluding hydrogens is 580 g/mol. The summed E-state index contributed by atoms with van der Waals surface area (Å²) in [6, 6.07) is 7.87. The minimum Gasteiger partial charge on any atom is -0.429 e. The Morgan fingerprint density at radius 2 is 1.51 bits per heavy atom. The third-order valence-corrected chi connectivity index (χ3v) is 6.81. The Morgan fingerprint density at radius 1 is 0.889 bits per heavy atom. The zero-order valence-corrected chi connectivity index (χ0v) is 26.5. The minimum absolute atomic E-state index is 0.0733. The fourth-order valence-electron chi connectivity index (χ4n) is 4.62. The number of amides is 3. The number of carbonyl (C=O) groups is 3. The summed E-state index contributed by atoms with van der Waals surface area (Å²) in [5.74, 6) is 0.0178. The number of nitrogens with one attached hydrogen (secondary N) is 2. The highest BCUT2D eigenvalue weighted by molar-refractivity contribution is 5.97. The number of benzene rings is 1. The number of rotatable bonds is 19. The third kappa shape index (κ3) is 14.4. The Hall–Kier alpha value is -3.55. The summed E-state index contributed by atoms with van der Waals surface area (Å²) in [6.45, 7) is 7.47. The lowest BCUT2D eigenvalue weighted by atomic mass is 9.88. The molecule has 1 atom stereocenters. The van der Waals surface area contributed by atoms with Crippen LogP contribution in [0.2, 0.25) is 0 Å². The van der Waals surface area contributed by atoms with E-state index >= 15 is 0 Å². The number of alkyl carbamates (subject to hydrolysis) is 1. The molecule has 4 N–H and O–H groups in total. The lowest BCUT2D eigenvalue weighted by molar-refractivity contribution is -0.125. The molecule has 0 saturated heterocycles. The van der Waals surface area contributed by atoms with Gasteiger partial charge < -0.3 is 39.2 Å². The number of hydrogen-bond donors (Lipinski definition) is 3. The Morgan fingerprint density at radius 3 is 2.18 bits per heavy atom. The largest absolute Gasteiger partial charge is 0.429 e. The van der Waals surface area contributed by atoms with Crippen LogP contribution in [0.5, 0.6) is 0 Å². The molecule has 3 amide bonds. The molecule has 1 aliphatic heterocycles. The van der Waals surface area contributed by atoms with Crippen LogP contribution in [0.4, 0.5) is 10.5 Å². The van der Waals surface area contributed by atoms with Crippen molar-refractivity contribution in [3.8, 4) is 0 Å². The molecule has 0 bridgehead atoms. The third-order valence-electron chi connectivity index (χ3n) is 6.81. The van der Waals surface area contributed by atoms with E-state index in [9.17, 15) is 14.4 Å². The second-order valence-corrected chi connectivity index (χ2v) is 11.1. The summed E-state index contributed by atoms with van der Waals surface area (Å²) in [5, 5.41) is 5.36. The molecule has 2 aliphatic rings. The van der Waals surface area contributed by atoms with Gasteiger partial charge in [-0.05, 0) is 37.5 Å². The van der Waals surface area contributed by atoms with Gasteiger partial charge in [-0.1, -0.05) is 48.6 Å². The molecule has 12 nitrogen and oxygen atoms in total. The first-order valence-corrected chi connectivity index (χ1v) is 15.5. The number of ether oxygens (including phenoxy) is 5. The van der Waals surface area contributed by atoms with Gasteiger partial charge in [0, 0.05) is 38.4 Å². The average Bonchev–Trinajstić information content (AvgIpc) is 3.00. The van der Waals surface area contributed by atoms with Gasteiger partial charge >= 0.3 is 6.09 Å². The number of allylic oxidation sites excluding steroid dienone is 4. The van der Waals surface area contributed by atoms with Gasteiger partial charge in [0.15, 0.2) is 5.72 Å². The van der Waals surface area contributed by atoms with Crippen molar-refractivity contribution < 1.29 is 38.1 Å². The molecule has 1 unspecified atom stereocenters. The lowest BCUT2D eigenvalue weighted by Crippen LogP contribution is -2.42. The van der Waals surface area contributed by atoms with Crippen molar-refractivity contribution in [3.05, 3.63) is 59.7 Å². The van der Waals surface area contributed by atoms with Crippen molar-refractivity contribution in [3.63, 3.8) is 0 Å². The highest BCUT2D eigenvalue weighted by atomic mass is 16.6. The molecule has 12 heteroatoms. The molecule has 0 fully saturated rings. The van der Waals surface area contributed by atoms with Crippen molar-refractivity contribution in [1.82, 2.24) is 10.6 Å². The summed E-state index contributed by atoms with van der Waals surface area (Å²) in [7, 11) is 0. The van der Waals surface area contributed by atoms with E-state index in [1.165, 1.54) is 5.57 Å². The van der Waals surface area contributed by atoms with E-state index in [2.05, 4.69) is 34.9 Å². The van der Waals surface area contributed by atoms with Gasteiger partial charge in [0.1, 0.15) is 0 Å². The lowest BCUT2D eigenvalue weighted by Gasteiger charge is -2.31. The van der Waals surface area contributed by atoms with Crippen molar-refractivity contribution in [2.45, 2.75) is 38.8 Å². The molecule has 0 saturated carbocycles. The molecule has 1 heterocycles. The molecule has 248 valence electrons. The maximum absolute atomic E-state index is 13.3. The Balaban J connectivity index is 1.17. The summed E-state index contributed by atoms with van der Waals surface area (Å²) in [4.78, 5) is 38.9. The maximum Gasteiger partial charge on any atom is 0.408 e. The van der Waals surface area contributed by atoms with E-state index in [4.69, 9.17) is 29.4 Å². The van der Waals surface area contributed by atoms with E-state index in [0.717, 1.165) is 17.7 Å². The van der Waals surface area contributed by atoms with Gasteiger partial charge in [0.25, 0.3) is 0 Å². The zero-order valence-electron chi connectivity index (χ0n) is 26.5. The summed E-state index contributed by atoms with van der Waals surface area (Å²) < 4.78 is 26.7. The number of hydrogen-bond acceptors (Lipinski definition) is 9. The molecule has 1 aliphatic carbocycles. The maximum atomic E-state index is 13.3. The van der Waals surface area contributed by atoms with Gasteiger partial charge in [-0.25, -0.2) is 4.79 Å². The Labute approximate surface area is 265 Å². The van der Waals surface area contributed by atoms with Gasteiger partial charge in [0.2, 0.25) is 11.8 Å². The number of nitrogens with two attached hydrogens (primary N) is 1. The molecule has 0 spiro atoms. The van der Waals surface area contributed by atoms with E-state index in [1.54, 1.807) is 18.7 Å². The summed E-state index contributed by atoms with van der Waals surface area (Å²) in [5.41, 5.74) is 7.63.